The van der Waals surface area contributed by atoms with Crippen LogP contribution in [0, 0.1) is 5.82 Å². The van der Waals surface area contributed by atoms with Crippen LogP contribution in [-0.2, 0) is 31.5 Å². The molecule has 0 saturated carbocycles. The minimum absolute atomic E-state index is 0.113. The van der Waals surface area contributed by atoms with Gasteiger partial charge in [0.05, 0.1) is 16.8 Å². The highest BCUT2D eigenvalue weighted by molar-refractivity contribution is 7.92. The summed E-state index contributed by atoms with van der Waals surface area (Å²) in [6.07, 6.45) is -11.6. The Morgan fingerprint density at radius 3 is 2.05 bits per heavy atom. The minimum Gasteiger partial charge on any atom is -0.340 e. The normalized spacial score (nSPS) is 18.9. The molecule has 0 bridgehead atoms. The third kappa shape index (κ3) is 4.90. The number of benzene rings is 2. The van der Waals surface area contributed by atoms with Gasteiger partial charge in [-0.2, -0.15) is 26.3 Å². The van der Waals surface area contributed by atoms with Gasteiger partial charge < -0.3 is 4.90 Å². The molecule has 5 nitrogen and oxygen atoms in total. The molecule has 0 N–H and O–H groups in total. The van der Waals surface area contributed by atoms with E-state index in [1.54, 1.807) is 0 Å². The number of amides is 1. The van der Waals surface area contributed by atoms with Crippen molar-refractivity contribution in [3.05, 3.63) is 82.1 Å². The molecular formula is C24H18F8N2O3S2. The van der Waals surface area contributed by atoms with Crippen molar-refractivity contribution in [3.8, 4) is 0 Å². The third-order valence-electron chi connectivity index (χ3n) is 6.62. The number of rotatable bonds is 6. The Labute approximate surface area is 221 Å². The highest BCUT2D eigenvalue weighted by atomic mass is 32.2. The molecule has 0 spiro atoms. The average molecular weight is 599 g/mol. The van der Waals surface area contributed by atoms with Crippen LogP contribution in [-0.4, -0.2) is 49.7 Å². The summed E-state index contributed by atoms with van der Waals surface area (Å²) in [4.78, 5) is 18.2. The molecule has 1 aliphatic rings. The maximum atomic E-state index is 14.6. The summed E-state index contributed by atoms with van der Waals surface area (Å²) >= 11 is 1.19. The first-order valence-corrected chi connectivity index (χ1v) is 13.5. The molecule has 3 aromatic rings. The number of halogens is 8. The molecule has 2 aromatic carbocycles. The molecule has 1 aliphatic heterocycles. The predicted octanol–water partition coefficient (Wildman–Crippen LogP) is 5.72. The van der Waals surface area contributed by atoms with Crippen LogP contribution in [0.1, 0.15) is 22.4 Å². The van der Waals surface area contributed by atoms with Crippen molar-refractivity contribution in [2.24, 2.45) is 0 Å². The molecule has 1 amide bonds. The van der Waals surface area contributed by atoms with E-state index in [4.69, 9.17) is 0 Å². The van der Waals surface area contributed by atoms with Gasteiger partial charge in [-0.05, 0) is 36.2 Å². The van der Waals surface area contributed by atoms with Crippen LogP contribution in [0.25, 0.3) is 0 Å². The van der Waals surface area contributed by atoms with Crippen LogP contribution in [0.2, 0.25) is 0 Å². The number of carbonyl (C=O) groups is 1. The Bertz CT molecular complexity index is 1420. The molecule has 0 aliphatic carbocycles. The molecule has 210 valence electrons. The van der Waals surface area contributed by atoms with Gasteiger partial charge in [0.2, 0.25) is 5.91 Å². The van der Waals surface area contributed by atoms with Crippen molar-refractivity contribution in [1.29, 1.82) is 0 Å². The van der Waals surface area contributed by atoms with Gasteiger partial charge in [-0.25, -0.2) is 17.2 Å². The fourth-order valence-corrected chi connectivity index (χ4v) is 7.19. The molecule has 39 heavy (non-hydrogen) atoms. The van der Waals surface area contributed by atoms with Crippen molar-refractivity contribution >= 4 is 27.1 Å². The molecule has 1 fully saturated rings. The number of likely N-dealkylation sites (tertiary alicyclic amines) is 1. The van der Waals surface area contributed by atoms with Gasteiger partial charge in [-0.1, -0.05) is 24.3 Å². The van der Waals surface area contributed by atoms with Crippen LogP contribution in [0.15, 0.2) is 65.1 Å². The fourth-order valence-electron chi connectivity index (χ4n) is 4.53. The summed E-state index contributed by atoms with van der Waals surface area (Å²) in [5.41, 5.74) is -6.25. The van der Waals surface area contributed by atoms with Gasteiger partial charge >= 0.3 is 18.0 Å². The SMILES string of the molecule is O=C(Cc1cncs1)N1CCC(c2ccc(C(F)(C(F)(F)F)C(F)(F)F)cc2)(S(=O)(=O)c2ccc(F)cc2)C1. The predicted molar refractivity (Wildman–Crippen MR) is 124 cm³/mol. The zero-order chi connectivity index (χ0) is 28.9. The number of sulfone groups is 1. The number of alkyl halides is 7. The van der Waals surface area contributed by atoms with Crippen molar-refractivity contribution in [2.75, 3.05) is 13.1 Å². The molecule has 1 aromatic heterocycles. The summed E-state index contributed by atoms with van der Waals surface area (Å²) in [7, 11) is -4.51. The van der Waals surface area contributed by atoms with E-state index in [0.717, 1.165) is 24.3 Å². The fraction of sp³-hybridized carbons (Fsp3) is 0.333. The second-order valence-corrected chi connectivity index (χ2v) is 12.1. The van der Waals surface area contributed by atoms with E-state index in [-0.39, 0.29) is 42.0 Å². The summed E-state index contributed by atoms with van der Waals surface area (Å²) in [5, 5.41) is 0. The molecule has 15 heteroatoms. The quantitative estimate of drug-likeness (QED) is 0.269. The highest BCUT2D eigenvalue weighted by Gasteiger charge is 2.73. The second kappa shape index (κ2) is 9.84. The molecular weight excluding hydrogens is 580 g/mol. The lowest BCUT2D eigenvalue weighted by Crippen LogP contribution is -2.50. The highest BCUT2D eigenvalue weighted by Crippen LogP contribution is 2.53. The smallest absolute Gasteiger partial charge is 0.340 e. The lowest BCUT2D eigenvalue weighted by Gasteiger charge is -2.32. The van der Waals surface area contributed by atoms with Crippen LogP contribution >= 0.6 is 11.3 Å². The van der Waals surface area contributed by atoms with Crippen molar-refractivity contribution in [2.45, 2.75) is 40.5 Å². The monoisotopic (exact) mass is 598 g/mol. The first-order valence-electron chi connectivity index (χ1n) is 11.1. The Kier molecular flexibility index (Phi) is 7.30. The summed E-state index contributed by atoms with van der Waals surface area (Å²) < 4.78 is 133. The summed E-state index contributed by atoms with van der Waals surface area (Å²) in [6, 6.07) is 5.49. The van der Waals surface area contributed by atoms with Crippen LogP contribution in [0.3, 0.4) is 0 Å². The standard InChI is InChI=1S/C24H18F8N2O3S2/c25-17-5-7-19(8-6-17)39(36,37)21(9-10-34(13-21)20(35)11-18-12-33-14-38-18)15-1-3-16(4-2-15)22(26,23(27,28)29)24(30,31)32/h1-8,12,14H,9-11,13H2. The van der Waals surface area contributed by atoms with E-state index in [9.17, 15) is 48.3 Å². The molecule has 1 unspecified atom stereocenters. The zero-order valence-electron chi connectivity index (χ0n) is 19.6. The first-order chi connectivity index (χ1) is 18.0. The number of nitrogens with zero attached hydrogens (tertiary/aromatic N) is 2. The maximum Gasteiger partial charge on any atom is 0.435 e. The Morgan fingerprint density at radius 1 is 0.949 bits per heavy atom. The summed E-state index contributed by atoms with van der Waals surface area (Å²) in [5.74, 6) is -1.23. The third-order valence-corrected chi connectivity index (χ3v) is 9.89. The Balaban J connectivity index is 1.79. The maximum absolute atomic E-state index is 14.6. The largest absolute Gasteiger partial charge is 0.435 e. The summed E-state index contributed by atoms with van der Waals surface area (Å²) in [6.45, 7) is -0.610. The topological polar surface area (TPSA) is 67.3 Å². The lowest BCUT2D eigenvalue weighted by molar-refractivity contribution is -0.348. The van der Waals surface area contributed by atoms with E-state index in [1.807, 2.05) is 0 Å². The van der Waals surface area contributed by atoms with Gasteiger partial charge in [0.1, 0.15) is 10.6 Å². The van der Waals surface area contributed by atoms with Crippen LogP contribution in [0.5, 0.6) is 0 Å². The average Bonchev–Trinajstić information content (AvgIpc) is 3.54. The number of hydrogen-bond donors (Lipinski definition) is 0. The van der Waals surface area contributed by atoms with Crippen molar-refractivity contribution in [1.82, 2.24) is 9.88 Å². The number of thiazole rings is 1. The van der Waals surface area contributed by atoms with Gasteiger partial charge in [0, 0.05) is 29.7 Å². The van der Waals surface area contributed by atoms with Crippen LogP contribution in [0.4, 0.5) is 35.1 Å². The van der Waals surface area contributed by atoms with E-state index in [1.165, 1.54) is 27.9 Å². The van der Waals surface area contributed by atoms with Crippen LogP contribution < -0.4 is 0 Å². The Hall–Kier alpha value is -3.07. The molecule has 2 heterocycles. The van der Waals surface area contributed by atoms with Gasteiger partial charge in [-0.15, -0.1) is 11.3 Å². The zero-order valence-corrected chi connectivity index (χ0v) is 21.2. The van der Waals surface area contributed by atoms with E-state index < -0.39 is 56.4 Å². The molecule has 4 rings (SSSR count). The van der Waals surface area contributed by atoms with E-state index in [2.05, 4.69) is 4.98 Å². The number of carbonyl (C=O) groups excluding carboxylic acids is 1. The van der Waals surface area contributed by atoms with Crippen molar-refractivity contribution < 1.29 is 48.3 Å². The van der Waals surface area contributed by atoms with E-state index >= 15 is 0 Å². The number of hydrogen-bond acceptors (Lipinski definition) is 5. The minimum atomic E-state index is -6.35. The molecule has 0 radical (unpaired) electrons. The molecule has 1 saturated heterocycles. The van der Waals surface area contributed by atoms with Gasteiger partial charge in [-0.3, -0.25) is 9.78 Å². The second-order valence-electron chi connectivity index (χ2n) is 8.89. The van der Waals surface area contributed by atoms with E-state index in [0.29, 0.717) is 17.0 Å². The van der Waals surface area contributed by atoms with Gasteiger partial charge in [0.15, 0.2) is 9.84 Å². The first kappa shape index (κ1) is 28.9. The molecule has 1 atom stereocenters. The Morgan fingerprint density at radius 2 is 1.54 bits per heavy atom. The van der Waals surface area contributed by atoms with Crippen molar-refractivity contribution in [3.63, 3.8) is 0 Å². The number of aromatic nitrogens is 1. The van der Waals surface area contributed by atoms with Gasteiger partial charge in [0.25, 0.3) is 0 Å². The lowest BCUT2D eigenvalue weighted by atomic mass is 9.90.